The normalized spacial score (nSPS) is 11.4. The maximum absolute atomic E-state index is 11.2. The van der Waals surface area contributed by atoms with Crippen LogP contribution in [0.4, 0.5) is 17.1 Å². The van der Waals surface area contributed by atoms with Gasteiger partial charge in [0.05, 0.1) is 168 Å². The number of nitrogens with zero attached hydrogens (tertiary/aromatic N) is 2. The van der Waals surface area contributed by atoms with Crippen molar-refractivity contribution in [3.8, 4) is 0 Å². The predicted molar refractivity (Wildman–Crippen MR) is 198 cm³/mol. The fourth-order valence-corrected chi connectivity index (χ4v) is 4.17. The van der Waals surface area contributed by atoms with E-state index in [9.17, 15) is 20.2 Å². The summed E-state index contributed by atoms with van der Waals surface area (Å²) in [4.78, 5) is 20.6. The molecule has 0 aliphatic rings. The monoisotopic (exact) mass is 781 g/mol. The van der Waals surface area contributed by atoms with Gasteiger partial charge in [0.1, 0.15) is 5.69 Å². The Balaban J connectivity index is 1.69. The van der Waals surface area contributed by atoms with Crippen LogP contribution in [-0.4, -0.2) is 175 Å². The van der Waals surface area contributed by atoms with Gasteiger partial charge in [-0.2, -0.15) is 0 Å². The molecule has 1 N–H and O–H groups in total. The number of hydrogen-bond acceptors (Lipinski definition) is 17. The van der Waals surface area contributed by atoms with E-state index in [2.05, 4.69) is 12.2 Å². The van der Waals surface area contributed by atoms with E-state index < -0.39 is 9.85 Å². The highest BCUT2D eigenvalue weighted by Gasteiger charge is 2.19. The van der Waals surface area contributed by atoms with E-state index in [0.717, 1.165) is 19.1 Å². The second-order valence-corrected chi connectivity index (χ2v) is 11.2. The summed E-state index contributed by atoms with van der Waals surface area (Å²) >= 11 is 0. The zero-order valence-electron chi connectivity index (χ0n) is 32.0. The summed E-state index contributed by atoms with van der Waals surface area (Å²) in [7, 11) is 0. The Kier molecular flexibility index (Phi) is 35.3. The maximum atomic E-state index is 11.2. The molecule has 19 heteroatoms. The molecule has 0 aliphatic carbocycles. The number of rotatable bonds is 43. The minimum Gasteiger partial charge on any atom is -0.379 e. The molecule has 19 nitrogen and oxygen atoms in total. The lowest BCUT2D eigenvalue weighted by atomic mass is 10.2. The van der Waals surface area contributed by atoms with Crippen molar-refractivity contribution in [2.24, 2.45) is 0 Å². The Labute approximate surface area is 318 Å². The van der Waals surface area contributed by atoms with Crippen molar-refractivity contribution in [1.29, 1.82) is 0 Å². The molecule has 314 valence electrons. The van der Waals surface area contributed by atoms with Crippen molar-refractivity contribution in [2.75, 3.05) is 170 Å². The number of non-ortho nitro benzene ring substituents is 1. The third kappa shape index (κ3) is 31.7. The molecule has 0 heterocycles. The van der Waals surface area contributed by atoms with E-state index >= 15 is 0 Å². The van der Waals surface area contributed by atoms with Crippen molar-refractivity contribution in [3.05, 3.63) is 38.4 Å². The summed E-state index contributed by atoms with van der Waals surface area (Å²) in [6.45, 7) is 14.1. The Morgan fingerprint density at radius 2 is 0.759 bits per heavy atom. The lowest BCUT2D eigenvalue weighted by Gasteiger charge is -2.09. The van der Waals surface area contributed by atoms with Crippen LogP contribution in [0.1, 0.15) is 26.2 Å². The summed E-state index contributed by atoms with van der Waals surface area (Å²) in [5.74, 6) is 0. The van der Waals surface area contributed by atoms with Gasteiger partial charge in [-0.3, -0.25) is 20.2 Å². The fourth-order valence-electron chi connectivity index (χ4n) is 4.17. The summed E-state index contributed by atoms with van der Waals surface area (Å²) in [5, 5.41) is 24.8. The highest BCUT2D eigenvalue weighted by atomic mass is 16.6. The fraction of sp³-hybridized carbons (Fsp3) is 0.829. The topological polar surface area (TPSA) is 209 Å². The number of nitrogens with one attached hydrogen (secondary N) is 1. The number of unbranched alkanes of at least 4 members (excludes halogenated alkanes) is 2. The van der Waals surface area contributed by atoms with Gasteiger partial charge >= 0.3 is 0 Å². The lowest BCUT2D eigenvalue weighted by Crippen LogP contribution is -2.16. The smallest absolute Gasteiger partial charge is 0.299 e. The molecule has 0 radical (unpaired) electrons. The van der Waals surface area contributed by atoms with Crippen LogP contribution in [0.25, 0.3) is 0 Å². The SMILES string of the molecule is CCCCCOCCOCCOCCOCCOCCOCCOCCOCCOCCOCCOCCOCCNc1ccc([N+](=O)[O-])cc1[N+](=O)[O-]. The van der Waals surface area contributed by atoms with Crippen molar-refractivity contribution >= 4 is 17.1 Å². The number of nitro benzene ring substituents is 2. The number of ether oxygens (including phenoxy) is 12. The minimum atomic E-state index is -0.681. The van der Waals surface area contributed by atoms with E-state index in [1.807, 2.05) is 0 Å². The van der Waals surface area contributed by atoms with Crippen LogP contribution in [0.3, 0.4) is 0 Å². The molecule has 0 aromatic heterocycles. The first kappa shape index (κ1) is 49.4. The lowest BCUT2D eigenvalue weighted by molar-refractivity contribution is -0.393. The van der Waals surface area contributed by atoms with Gasteiger partial charge in [0.15, 0.2) is 0 Å². The summed E-state index contributed by atoms with van der Waals surface area (Å²) in [6.07, 6.45) is 3.51. The van der Waals surface area contributed by atoms with E-state index in [0.29, 0.717) is 145 Å². The number of anilines is 1. The molecular formula is C35H63N3O16. The molecule has 0 bridgehead atoms. The molecule has 0 saturated heterocycles. The zero-order valence-corrected chi connectivity index (χ0v) is 32.0. The van der Waals surface area contributed by atoms with Gasteiger partial charge in [-0.15, -0.1) is 0 Å². The van der Waals surface area contributed by atoms with Crippen LogP contribution in [0.2, 0.25) is 0 Å². The largest absolute Gasteiger partial charge is 0.379 e. The van der Waals surface area contributed by atoms with Crippen LogP contribution in [0, 0.1) is 20.2 Å². The molecule has 1 aromatic rings. The molecular weight excluding hydrogens is 718 g/mol. The molecule has 0 unspecified atom stereocenters. The van der Waals surface area contributed by atoms with Crippen LogP contribution in [0.15, 0.2) is 18.2 Å². The molecule has 1 aromatic carbocycles. The summed E-state index contributed by atoms with van der Waals surface area (Å²) in [5.41, 5.74) is -0.527. The molecule has 0 amide bonds. The van der Waals surface area contributed by atoms with Gasteiger partial charge in [0, 0.05) is 19.2 Å². The van der Waals surface area contributed by atoms with Crippen LogP contribution < -0.4 is 5.32 Å². The highest BCUT2D eigenvalue weighted by Crippen LogP contribution is 2.28. The maximum Gasteiger partial charge on any atom is 0.299 e. The molecule has 0 aliphatic heterocycles. The van der Waals surface area contributed by atoms with E-state index in [1.54, 1.807) is 0 Å². The Morgan fingerprint density at radius 3 is 1.06 bits per heavy atom. The van der Waals surface area contributed by atoms with Gasteiger partial charge in [0.25, 0.3) is 11.4 Å². The predicted octanol–water partition coefficient (Wildman–Crippen LogP) is 3.30. The van der Waals surface area contributed by atoms with Crippen LogP contribution in [-0.2, 0) is 56.8 Å². The van der Waals surface area contributed by atoms with Gasteiger partial charge in [-0.1, -0.05) is 19.8 Å². The molecule has 0 atom stereocenters. The van der Waals surface area contributed by atoms with E-state index in [-0.39, 0.29) is 30.2 Å². The van der Waals surface area contributed by atoms with Gasteiger partial charge in [-0.25, -0.2) is 0 Å². The van der Waals surface area contributed by atoms with E-state index in [4.69, 9.17) is 56.8 Å². The average molecular weight is 782 g/mol. The first-order valence-electron chi connectivity index (χ1n) is 18.7. The Bertz CT molecular complexity index is 1010. The molecule has 0 saturated carbocycles. The van der Waals surface area contributed by atoms with Crippen LogP contribution in [0.5, 0.6) is 0 Å². The summed E-state index contributed by atoms with van der Waals surface area (Å²) in [6, 6.07) is 3.43. The Morgan fingerprint density at radius 1 is 0.444 bits per heavy atom. The van der Waals surface area contributed by atoms with Gasteiger partial charge < -0.3 is 62.2 Å². The minimum absolute atomic E-state index is 0.185. The first-order chi connectivity index (χ1) is 26.6. The third-order valence-corrected chi connectivity index (χ3v) is 6.94. The number of hydrogen-bond donors (Lipinski definition) is 1. The van der Waals surface area contributed by atoms with Crippen molar-refractivity contribution in [1.82, 2.24) is 0 Å². The number of nitro groups is 2. The first-order valence-corrected chi connectivity index (χ1v) is 18.7. The highest BCUT2D eigenvalue weighted by molar-refractivity contribution is 5.65. The molecule has 54 heavy (non-hydrogen) atoms. The second-order valence-electron chi connectivity index (χ2n) is 11.2. The molecule has 0 spiro atoms. The van der Waals surface area contributed by atoms with Gasteiger partial charge in [-0.05, 0) is 12.5 Å². The summed E-state index contributed by atoms with van der Waals surface area (Å²) < 4.78 is 65.6. The molecule has 0 fully saturated rings. The van der Waals surface area contributed by atoms with Crippen molar-refractivity contribution in [3.63, 3.8) is 0 Å². The van der Waals surface area contributed by atoms with E-state index in [1.165, 1.54) is 25.0 Å². The van der Waals surface area contributed by atoms with Gasteiger partial charge in [0.2, 0.25) is 0 Å². The average Bonchev–Trinajstić information content (AvgIpc) is 3.17. The number of benzene rings is 1. The Hall–Kier alpha value is -2.66. The van der Waals surface area contributed by atoms with Crippen molar-refractivity contribution < 1.29 is 66.7 Å². The zero-order chi connectivity index (χ0) is 39.0. The van der Waals surface area contributed by atoms with Crippen LogP contribution >= 0.6 is 0 Å². The quantitative estimate of drug-likeness (QED) is 0.0572. The van der Waals surface area contributed by atoms with Crippen molar-refractivity contribution in [2.45, 2.75) is 26.2 Å². The second kappa shape index (κ2) is 38.6. The standard InChI is InChI=1S/C35H63N3O16/c1-2-3-4-8-43-10-12-45-14-16-47-18-20-49-22-24-51-26-28-53-30-31-54-29-27-52-25-23-50-21-19-48-17-15-46-13-11-44-9-7-36-34-6-5-33(37(39)40)32-35(34)38(41)42/h5-6,32,36H,2-4,7-31H2,1H3. The third-order valence-electron chi connectivity index (χ3n) is 6.94. The molecule has 1 rings (SSSR count).